The van der Waals surface area contributed by atoms with Gasteiger partial charge in [0.1, 0.15) is 5.82 Å². The maximum absolute atomic E-state index is 7.89. The predicted octanol–water partition coefficient (Wildman–Crippen LogP) is 1.35. The highest BCUT2D eigenvalue weighted by Crippen LogP contribution is 2.20. The molecule has 1 aromatic heterocycles. The number of nitrogens with zero attached hydrogens (tertiary/aromatic N) is 2. The standard InChI is InChI=1S/C7H7BrN2O/c8-6-1-9-7(10-2-6)5-3-11-4-5/h1-2,5H,3-4H2/i1D,2D,3D2,4D2,5D. The third-order valence-electron chi connectivity index (χ3n) is 1.05. The number of aromatic nitrogens is 2. The van der Waals surface area contributed by atoms with Crippen LogP contribution in [0.4, 0.5) is 0 Å². The first-order valence-electron chi connectivity index (χ1n) is 6.24. The van der Waals surface area contributed by atoms with Crippen molar-refractivity contribution in [3.63, 3.8) is 0 Å². The lowest BCUT2D eigenvalue weighted by molar-refractivity contribution is 0.00483. The molecule has 1 aliphatic heterocycles. The van der Waals surface area contributed by atoms with Gasteiger partial charge in [0, 0.05) is 13.7 Å². The van der Waals surface area contributed by atoms with Crippen molar-refractivity contribution in [1.82, 2.24) is 9.97 Å². The van der Waals surface area contributed by atoms with Crippen molar-refractivity contribution in [3.05, 3.63) is 22.6 Å². The first kappa shape index (κ1) is 2.78. The Bertz CT molecular complexity index is 486. The van der Waals surface area contributed by atoms with Crippen LogP contribution in [-0.2, 0) is 4.74 Å². The maximum atomic E-state index is 7.89. The number of hydrogen-bond acceptors (Lipinski definition) is 3. The van der Waals surface area contributed by atoms with Crippen molar-refractivity contribution in [1.29, 1.82) is 0 Å². The molecular formula is C7H7BrN2O. The van der Waals surface area contributed by atoms with Gasteiger partial charge in [-0.1, -0.05) is 0 Å². The van der Waals surface area contributed by atoms with Gasteiger partial charge in [0.2, 0.25) is 0 Å². The fourth-order valence-electron chi connectivity index (χ4n) is 0.559. The van der Waals surface area contributed by atoms with E-state index in [4.69, 9.17) is 9.60 Å². The van der Waals surface area contributed by atoms with E-state index in [0.717, 1.165) is 0 Å². The first-order valence-corrected chi connectivity index (χ1v) is 3.53. The molecule has 0 amide bonds. The van der Waals surface area contributed by atoms with Gasteiger partial charge in [-0.25, -0.2) is 9.97 Å². The largest absolute Gasteiger partial charge is 0.380 e. The second-order valence-corrected chi connectivity index (χ2v) is 2.56. The van der Waals surface area contributed by atoms with Crippen LogP contribution in [0.2, 0.25) is 0 Å². The molecule has 1 saturated heterocycles. The molecule has 0 atom stereocenters. The minimum Gasteiger partial charge on any atom is -0.380 e. The lowest BCUT2D eigenvalue weighted by atomic mass is 10.1. The zero-order chi connectivity index (χ0) is 13.9. The third-order valence-corrected chi connectivity index (χ3v) is 1.40. The monoisotopic (exact) mass is 221 g/mol. The summed E-state index contributed by atoms with van der Waals surface area (Å²) in [4.78, 5) is 7.12. The summed E-state index contributed by atoms with van der Waals surface area (Å²) in [5.74, 6) is -3.09. The molecule has 0 radical (unpaired) electrons. The Labute approximate surface area is 82.8 Å². The maximum Gasteiger partial charge on any atom is 0.135 e. The minimum atomic E-state index is -2.62. The number of ether oxygens (including phenoxy) is 1. The van der Waals surface area contributed by atoms with Crippen LogP contribution in [0.3, 0.4) is 0 Å². The van der Waals surface area contributed by atoms with E-state index in [9.17, 15) is 0 Å². The quantitative estimate of drug-likeness (QED) is 0.719. The summed E-state index contributed by atoms with van der Waals surface area (Å²) in [6, 6.07) is 0. The second-order valence-electron chi connectivity index (χ2n) is 1.77. The molecule has 1 aliphatic rings. The summed E-state index contributed by atoms with van der Waals surface area (Å²) in [5, 5.41) is 0. The lowest BCUT2D eigenvalue weighted by Crippen LogP contribution is -2.26. The summed E-state index contributed by atoms with van der Waals surface area (Å²) >= 11 is 2.90. The van der Waals surface area contributed by atoms with Crippen LogP contribution in [0.25, 0.3) is 0 Å². The van der Waals surface area contributed by atoms with E-state index in [1.807, 2.05) is 0 Å². The Hall–Kier alpha value is -0.480. The van der Waals surface area contributed by atoms with Gasteiger partial charge >= 0.3 is 0 Å². The fraction of sp³-hybridized carbons (Fsp3) is 0.429. The molecule has 0 spiro atoms. The van der Waals surface area contributed by atoms with Crippen molar-refractivity contribution in [3.8, 4) is 0 Å². The average Bonchev–Trinajstić information content (AvgIpc) is 2.22. The minimum absolute atomic E-state index is 0.00351. The molecule has 58 valence electrons. The van der Waals surface area contributed by atoms with E-state index in [1.165, 1.54) is 0 Å². The van der Waals surface area contributed by atoms with Crippen molar-refractivity contribution >= 4 is 15.9 Å². The Morgan fingerprint density at radius 2 is 2.36 bits per heavy atom. The van der Waals surface area contributed by atoms with Crippen molar-refractivity contribution in [2.24, 2.45) is 0 Å². The van der Waals surface area contributed by atoms with Gasteiger partial charge in [0.05, 0.1) is 31.7 Å². The molecule has 11 heavy (non-hydrogen) atoms. The molecule has 0 bridgehead atoms. The summed E-state index contributed by atoms with van der Waals surface area (Å²) in [7, 11) is 0. The van der Waals surface area contributed by atoms with Crippen LogP contribution in [0.5, 0.6) is 0 Å². The topological polar surface area (TPSA) is 35.0 Å². The van der Waals surface area contributed by atoms with Crippen molar-refractivity contribution in [2.75, 3.05) is 13.1 Å². The molecule has 3 nitrogen and oxygen atoms in total. The van der Waals surface area contributed by atoms with E-state index in [2.05, 4.69) is 30.6 Å². The number of hydrogen-bond donors (Lipinski definition) is 0. The van der Waals surface area contributed by atoms with Crippen LogP contribution in [-0.4, -0.2) is 23.1 Å². The van der Waals surface area contributed by atoms with Gasteiger partial charge in [0.25, 0.3) is 0 Å². The zero-order valence-corrected chi connectivity index (χ0v) is 6.77. The molecule has 4 heteroatoms. The zero-order valence-electron chi connectivity index (χ0n) is 12.2. The van der Waals surface area contributed by atoms with Crippen molar-refractivity contribution < 1.29 is 14.3 Å². The highest BCUT2D eigenvalue weighted by Gasteiger charge is 2.22. The van der Waals surface area contributed by atoms with Crippen LogP contribution < -0.4 is 0 Å². The van der Waals surface area contributed by atoms with Crippen LogP contribution in [0, 0.1) is 0 Å². The third kappa shape index (κ3) is 1.41. The van der Waals surface area contributed by atoms with Gasteiger partial charge in [-0.3, -0.25) is 0 Å². The SMILES string of the molecule is [2H]c1nc(C2([2H])C([2H])([2H])OC2([2H])[2H])nc([2H])c1Br. The van der Waals surface area contributed by atoms with Gasteiger partial charge in [-0.2, -0.15) is 0 Å². The fourth-order valence-corrected chi connectivity index (χ4v) is 0.737. The van der Waals surface area contributed by atoms with Crippen LogP contribution in [0.15, 0.2) is 16.8 Å². The lowest BCUT2D eigenvalue weighted by Gasteiger charge is -2.23. The summed E-state index contributed by atoms with van der Waals surface area (Å²) in [5.41, 5.74) is 0. The smallest absolute Gasteiger partial charge is 0.135 e. The van der Waals surface area contributed by atoms with E-state index < -0.39 is 37.2 Å². The summed E-state index contributed by atoms with van der Waals surface area (Å²) < 4.78 is 56.8. The Morgan fingerprint density at radius 3 is 2.91 bits per heavy atom. The molecule has 0 aliphatic carbocycles. The molecule has 1 aromatic rings. The highest BCUT2D eigenvalue weighted by atomic mass is 79.9. The molecule has 0 unspecified atom stereocenters. The molecule has 2 rings (SSSR count). The Balaban J connectivity index is 2.61. The van der Waals surface area contributed by atoms with Gasteiger partial charge in [-0.15, -0.1) is 0 Å². The van der Waals surface area contributed by atoms with E-state index >= 15 is 0 Å². The van der Waals surface area contributed by atoms with Gasteiger partial charge in [-0.05, 0) is 15.9 Å². The van der Waals surface area contributed by atoms with Crippen LogP contribution >= 0.6 is 15.9 Å². The highest BCUT2D eigenvalue weighted by molar-refractivity contribution is 9.10. The first-order chi connectivity index (χ1) is 8.03. The summed E-state index contributed by atoms with van der Waals surface area (Å²) in [6.45, 7) is -5.24. The van der Waals surface area contributed by atoms with E-state index in [0.29, 0.717) is 0 Å². The molecule has 1 fully saturated rings. The van der Waals surface area contributed by atoms with Crippen LogP contribution in [0.1, 0.15) is 21.3 Å². The Kier molecular flexibility index (Phi) is 0.725. The molecular weight excluding hydrogens is 208 g/mol. The molecule has 0 saturated carbocycles. The average molecular weight is 222 g/mol. The molecule has 2 heterocycles. The molecule has 0 N–H and O–H groups in total. The Morgan fingerprint density at radius 1 is 1.73 bits per heavy atom. The van der Waals surface area contributed by atoms with Gasteiger partial charge in [0.15, 0.2) is 0 Å². The summed E-state index contributed by atoms with van der Waals surface area (Å²) in [6.07, 6.45) is -0.815. The number of rotatable bonds is 1. The predicted molar refractivity (Wildman–Crippen MR) is 43.3 cm³/mol. The van der Waals surface area contributed by atoms with Gasteiger partial charge < -0.3 is 4.74 Å². The van der Waals surface area contributed by atoms with Crippen molar-refractivity contribution in [2.45, 2.75) is 5.89 Å². The van der Waals surface area contributed by atoms with E-state index in [1.54, 1.807) is 0 Å². The second kappa shape index (κ2) is 2.87. The van der Waals surface area contributed by atoms with E-state index in [-0.39, 0.29) is 4.47 Å². The molecule has 0 aromatic carbocycles. The normalized spacial score (nSPS) is 39.2. The number of halogens is 1.